The molecule has 0 fully saturated rings. The molecule has 0 aliphatic carbocycles. The fourth-order valence-corrected chi connectivity index (χ4v) is 4.50. The number of rotatable bonds is 9. The minimum absolute atomic E-state index is 0.0633. The molecule has 0 saturated carbocycles. The number of pyridine rings is 1. The number of nitrogens with one attached hydrogen (secondary N) is 3. The molecule has 3 aromatic heterocycles. The van der Waals surface area contributed by atoms with Gasteiger partial charge in [0.25, 0.3) is 0 Å². The van der Waals surface area contributed by atoms with Gasteiger partial charge < -0.3 is 19.3 Å². The third kappa shape index (κ3) is 6.50. The molecular formula is C24H29N7O5S. The van der Waals surface area contributed by atoms with Crippen molar-refractivity contribution >= 4 is 27.5 Å². The normalized spacial score (nSPS) is 12.1. The Morgan fingerprint density at radius 1 is 1.08 bits per heavy atom. The van der Waals surface area contributed by atoms with Crippen LogP contribution in [0.5, 0.6) is 0 Å². The largest absolute Gasteiger partial charge is 0.395 e. The summed E-state index contributed by atoms with van der Waals surface area (Å²) < 4.78 is 34.1. The zero-order chi connectivity index (χ0) is 26.6. The van der Waals surface area contributed by atoms with Gasteiger partial charge in [-0.05, 0) is 35.4 Å². The van der Waals surface area contributed by atoms with E-state index in [1.165, 1.54) is 6.07 Å². The summed E-state index contributed by atoms with van der Waals surface area (Å²) in [6.07, 6.45) is 3.88. The molecule has 3 heterocycles. The van der Waals surface area contributed by atoms with E-state index in [1.807, 2.05) is 26.8 Å². The lowest BCUT2D eigenvalue weighted by Crippen LogP contribution is -2.30. The van der Waals surface area contributed by atoms with E-state index < -0.39 is 16.1 Å². The summed E-state index contributed by atoms with van der Waals surface area (Å²) in [6.45, 7) is 5.90. The number of anilines is 1. The highest BCUT2D eigenvalue weighted by atomic mass is 32.2. The second-order valence-corrected chi connectivity index (χ2v) is 11.1. The van der Waals surface area contributed by atoms with E-state index in [1.54, 1.807) is 41.1 Å². The topological polar surface area (TPSA) is 164 Å². The molecular weight excluding hydrogens is 498 g/mol. The first kappa shape index (κ1) is 26.3. The van der Waals surface area contributed by atoms with Crippen molar-refractivity contribution in [2.24, 2.45) is 0 Å². The number of nitrogens with zero attached hydrogens (tertiary/aromatic N) is 4. The van der Waals surface area contributed by atoms with E-state index in [0.717, 1.165) is 5.56 Å². The Balaban J connectivity index is 1.39. The fraction of sp³-hybridized carbons (Fsp3) is 0.333. The van der Waals surface area contributed by atoms with Gasteiger partial charge in [0.15, 0.2) is 11.6 Å². The number of benzene rings is 1. The number of hydrogen-bond acceptors (Lipinski definition) is 8. The van der Waals surface area contributed by atoms with Crippen LogP contribution in [-0.2, 0) is 21.9 Å². The van der Waals surface area contributed by atoms with Crippen LogP contribution in [0.25, 0.3) is 16.8 Å². The Kier molecular flexibility index (Phi) is 7.57. The molecule has 4 rings (SSSR count). The molecule has 1 aromatic carbocycles. The number of aliphatic hydroxyl groups is 1. The molecule has 4 N–H and O–H groups in total. The number of imidazole rings is 1. The standard InChI is InChI=1S/C24H29N7O5S/c1-24(2,3)22-28-19(30-36-22)9-10-25-23(33)29-20-15-31-14-17(7-8-21(31)27-20)16-5-4-6-18(13-16)37(34,35)26-11-12-32/h4-8,13-15,26,32H,9-12H2,1-3H3,(H2,25,29,33). The van der Waals surface area contributed by atoms with E-state index in [0.29, 0.717) is 41.7 Å². The van der Waals surface area contributed by atoms with E-state index >= 15 is 0 Å². The molecule has 2 amide bonds. The van der Waals surface area contributed by atoms with Gasteiger partial charge in [-0.3, -0.25) is 5.32 Å². The van der Waals surface area contributed by atoms with Crippen molar-refractivity contribution in [1.82, 2.24) is 29.6 Å². The van der Waals surface area contributed by atoms with Crippen molar-refractivity contribution in [1.29, 1.82) is 0 Å². The molecule has 12 nitrogen and oxygen atoms in total. The maximum Gasteiger partial charge on any atom is 0.320 e. The van der Waals surface area contributed by atoms with Gasteiger partial charge in [0.2, 0.25) is 15.9 Å². The molecule has 4 aromatic rings. The van der Waals surface area contributed by atoms with Crippen LogP contribution in [0.2, 0.25) is 0 Å². The van der Waals surface area contributed by atoms with Crippen LogP contribution < -0.4 is 15.4 Å². The van der Waals surface area contributed by atoms with Crippen LogP contribution in [0.15, 0.2) is 58.2 Å². The molecule has 13 heteroatoms. The Morgan fingerprint density at radius 3 is 2.62 bits per heavy atom. The molecule has 0 aliphatic rings. The zero-order valence-electron chi connectivity index (χ0n) is 20.7. The molecule has 196 valence electrons. The summed E-state index contributed by atoms with van der Waals surface area (Å²) in [6, 6.07) is 9.65. The lowest BCUT2D eigenvalue weighted by atomic mass is 9.97. The Morgan fingerprint density at radius 2 is 1.89 bits per heavy atom. The van der Waals surface area contributed by atoms with Gasteiger partial charge in [0, 0.05) is 31.1 Å². The minimum Gasteiger partial charge on any atom is -0.395 e. The number of fused-ring (bicyclic) bond motifs is 1. The van der Waals surface area contributed by atoms with Crippen LogP contribution in [0, 0.1) is 0 Å². The molecule has 0 unspecified atom stereocenters. The number of urea groups is 1. The number of aliphatic hydroxyl groups excluding tert-OH is 1. The Labute approximate surface area is 214 Å². The average Bonchev–Trinajstić information content (AvgIpc) is 3.49. The Bertz CT molecular complexity index is 1510. The maximum atomic E-state index is 12.4. The van der Waals surface area contributed by atoms with Crippen LogP contribution in [0.4, 0.5) is 10.6 Å². The monoisotopic (exact) mass is 527 g/mol. The lowest BCUT2D eigenvalue weighted by molar-refractivity contribution is 0.252. The molecule has 0 saturated heterocycles. The van der Waals surface area contributed by atoms with Gasteiger partial charge in [-0.25, -0.2) is 22.9 Å². The van der Waals surface area contributed by atoms with Crippen molar-refractivity contribution in [3.05, 3.63) is 60.5 Å². The highest BCUT2D eigenvalue weighted by Gasteiger charge is 2.21. The first-order chi connectivity index (χ1) is 17.5. The number of carbonyl (C=O) groups excluding carboxylic acids is 1. The molecule has 37 heavy (non-hydrogen) atoms. The second-order valence-electron chi connectivity index (χ2n) is 9.36. The third-order valence-corrected chi connectivity index (χ3v) is 6.78. The van der Waals surface area contributed by atoms with Crippen molar-refractivity contribution in [2.45, 2.75) is 37.5 Å². The van der Waals surface area contributed by atoms with Gasteiger partial charge in [-0.1, -0.05) is 38.1 Å². The summed E-state index contributed by atoms with van der Waals surface area (Å²) in [7, 11) is -3.73. The quantitative estimate of drug-likeness (QED) is 0.258. The smallest absolute Gasteiger partial charge is 0.320 e. The van der Waals surface area contributed by atoms with Crippen LogP contribution in [0.1, 0.15) is 32.5 Å². The molecule has 0 aliphatic heterocycles. The maximum absolute atomic E-state index is 12.4. The molecule has 0 bridgehead atoms. The predicted molar refractivity (Wildman–Crippen MR) is 137 cm³/mol. The van der Waals surface area contributed by atoms with Crippen LogP contribution in [0.3, 0.4) is 0 Å². The minimum atomic E-state index is -3.73. The third-order valence-electron chi connectivity index (χ3n) is 5.32. The van der Waals surface area contributed by atoms with E-state index in [4.69, 9.17) is 9.63 Å². The highest BCUT2D eigenvalue weighted by molar-refractivity contribution is 7.89. The van der Waals surface area contributed by atoms with Gasteiger partial charge in [-0.15, -0.1) is 0 Å². The SMILES string of the molecule is CC(C)(C)c1nc(CCNC(=O)Nc2cn3cc(-c4cccc(S(=O)(=O)NCCO)c4)ccc3n2)no1. The second kappa shape index (κ2) is 10.7. The molecule has 0 atom stereocenters. The molecule has 0 radical (unpaired) electrons. The van der Waals surface area contributed by atoms with Crippen molar-refractivity contribution in [3.63, 3.8) is 0 Å². The van der Waals surface area contributed by atoms with Gasteiger partial charge >= 0.3 is 6.03 Å². The van der Waals surface area contributed by atoms with Gasteiger partial charge in [0.05, 0.1) is 17.7 Å². The van der Waals surface area contributed by atoms with Gasteiger partial charge in [-0.2, -0.15) is 4.98 Å². The number of carbonyl (C=O) groups is 1. The fourth-order valence-electron chi connectivity index (χ4n) is 3.44. The number of hydrogen-bond donors (Lipinski definition) is 4. The summed E-state index contributed by atoms with van der Waals surface area (Å²) in [4.78, 5) is 21.2. The van der Waals surface area contributed by atoms with E-state index in [9.17, 15) is 13.2 Å². The average molecular weight is 528 g/mol. The summed E-state index contributed by atoms with van der Waals surface area (Å²) in [5.74, 6) is 1.42. The highest BCUT2D eigenvalue weighted by Crippen LogP contribution is 2.24. The summed E-state index contributed by atoms with van der Waals surface area (Å²) in [5.41, 5.74) is 1.81. The van der Waals surface area contributed by atoms with Crippen molar-refractivity contribution in [3.8, 4) is 11.1 Å². The zero-order valence-corrected chi connectivity index (χ0v) is 21.5. The summed E-state index contributed by atoms with van der Waals surface area (Å²) >= 11 is 0. The lowest BCUT2D eigenvalue weighted by Gasteiger charge is -2.10. The molecule has 0 spiro atoms. The van der Waals surface area contributed by atoms with Crippen molar-refractivity contribution in [2.75, 3.05) is 25.0 Å². The number of sulfonamides is 1. The number of aromatic nitrogens is 4. The first-order valence-corrected chi connectivity index (χ1v) is 13.1. The van der Waals surface area contributed by atoms with E-state index in [-0.39, 0.29) is 23.5 Å². The number of amides is 2. The van der Waals surface area contributed by atoms with Crippen molar-refractivity contribution < 1.29 is 22.8 Å². The predicted octanol–water partition coefficient (Wildman–Crippen LogP) is 2.32. The first-order valence-electron chi connectivity index (χ1n) is 11.6. The summed E-state index contributed by atoms with van der Waals surface area (Å²) in [5, 5.41) is 18.3. The van der Waals surface area contributed by atoms with Crippen LogP contribution >= 0.6 is 0 Å². The Hall–Kier alpha value is -3.81. The van der Waals surface area contributed by atoms with E-state index in [2.05, 4.69) is 30.5 Å². The van der Waals surface area contributed by atoms with Gasteiger partial charge in [0.1, 0.15) is 5.65 Å². The van der Waals surface area contributed by atoms with Crippen LogP contribution in [-0.4, -0.2) is 58.8 Å².